The largest absolute Gasteiger partial charge is 0.350 e. The molecular weight excluding hydrogens is 461 g/mol. The van der Waals surface area contributed by atoms with Crippen molar-refractivity contribution in [3.63, 3.8) is 0 Å². The number of halogens is 3. The number of piperidine rings is 1. The summed E-state index contributed by atoms with van der Waals surface area (Å²) >= 11 is 18.3. The summed E-state index contributed by atoms with van der Waals surface area (Å²) in [6.45, 7) is 1.46. The van der Waals surface area contributed by atoms with E-state index < -0.39 is 11.8 Å². The average Bonchev–Trinajstić information content (AvgIpc) is 2.99. The van der Waals surface area contributed by atoms with Crippen molar-refractivity contribution < 1.29 is 14.4 Å². The predicted octanol–water partition coefficient (Wildman–Crippen LogP) is 5.06. The van der Waals surface area contributed by atoms with Crippen LogP contribution in [0.25, 0.3) is 0 Å². The van der Waals surface area contributed by atoms with E-state index in [1.54, 1.807) is 30.3 Å². The fourth-order valence-electron chi connectivity index (χ4n) is 3.64. The first-order valence-electron chi connectivity index (χ1n) is 9.77. The molecule has 1 saturated heterocycles. The van der Waals surface area contributed by atoms with E-state index in [0.29, 0.717) is 16.3 Å². The Labute approximate surface area is 194 Å². The molecule has 0 aliphatic carbocycles. The monoisotopic (exact) mass is 477 g/mol. The van der Waals surface area contributed by atoms with Crippen LogP contribution in [0.3, 0.4) is 0 Å². The number of amides is 3. The number of nitrogens with one attached hydrogen (secondary N) is 1. The van der Waals surface area contributed by atoms with Crippen LogP contribution in [0, 0.1) is 0 Å². The number of hydrogen-bond donors (Lipinski definition) is 1. The zero-order valence-electron chi connectivity index (χ0n) is 16.3. The van der Waals surface area contributed by atoms with Gasteiger partial charge in [0.05, 0.1) is 10.7 Å². The minimum Gasteiger partial charge on any atom is -0.350 e. The molecule has 0 saturated carbocycles. The Bertz CT molecular complexity index is 1110. The molecule has 0 aromatic heterocycles. The van der Waals surface area contributed by atoms with Gasteiger partial charge in [0.25, 0.3) is 17.7 Å². The molecule has 2 aromatic rings. The minimum absolute atomic E-state index is 0.0652. The Kier molecular flexibility index (Phi) is 6.23. The standard InChI is InChI=1S/C22H18Cl3N3O3/c23-14-7-8-16(24)17(12-14)28-21(30)18(25)19(22(28)31)26-15-6-4-5-13(11-15)20(29)27-9-2-1-3-10-27/h4-8,11-12,26H,1-3,9-10H2. The molecule has 2 aliphatic rings. The van der Waals surface area contributed by atoms with Crippen molar-refractivity contribution >= 4 is 63.9 Å². The zero-order chi connectivity index (χ0) is 22.1. The molecule has 2 aromatic carbocycles. The van der Waals surface area contributed by atoms with Crippen molar-refractivity contribution in [2.75, 3.05) is 23.3 Å². The van der Waals surface area contributed by atoms with Gasteiger partial charge in [0, 0.05) is 29.4 Å². The second-order valence-electron chi connectivity index (χ2n) is 7.29. The van der Waals surface area contributed by atoms with E-state index >= 15 is 0 Å². The minimum atomic E-state index is -0.709. The van der Waals surface area contributed by atoms with Crippen molar-refractivity contribution in [2.45, 2.75) is 19.3 Å². The average molecular weight is 479 g/mol. The van der Waals surface area contributed by atoms with Crippen LogP contribution in [-0.4, -0.2) is 35.7 Å². The van der Waals surface area contributed by atoms with Crippen LogP contribution in [0.15, 0.2) is 53.2 Å². The second-order valence-corrected chi connectivity index (χ2v) is 8.51. The Morgan fingerprint density at radius 2 is 1.65 bits per heavy atom. The van der Waals surface area contributed by atoms with E-state index in [2.05, 4.69) is 5.32 Å². The third-order valence-electron chi connectivity index (χ3n) is 5.20. The summed E-state index contributed by atoms with van der Waals surface area (Å²) in [6.07, 6.45) is 3.11. The lowest BCUT2D eigenvalue weighted by atomic mass is 10.1. The molecule has 0 bridgehead atoms. The first kappa shape index (κ1) is 21.7. The smallest absolute Gasteiger partial charge is 0.283 e. The zero-order valence-corrected chi connectivity index (χ0v) is 18.6. The van der Waals surface area contributed by atoms with Gasteiger partial charge in [0.1, 0.15) is 10.7 Å². The highest BCUT2D eigenvalue weighted by Crippen LogP contribution is 2.35. The highest BCUT2D eigenvalue weighted by atomic mass is 35.5. The summed E-state index contributed by atoms with van der Waals surface area (Å²) < 4.78 is 0. The first-order valence-corrected chi connectivity index (χ1v) is 10.9. The van der Waals surface area contributed by atoms with Gasteiger partial charge in [-0.3, -0.25) is 14.4 Å². The topological polar surface area (TPSA) is 69.7 Å². The van der Waals surface area contributed by atoms with E-state index in [4.69, 9.17) is 34.8 Å². The van der Waals surface area contributed by atoms with Gasteiger partial charge < -0.3 is 10.2 Å². The van der Waals surface area contributed by atoms with Gasteiger partial charge in [-0.25, -0.2) is 4.90 Å². The van der Waals surface area contributed by atoms with E-state index in [1.807, 2.05) is 4.90 Å². The summed E-state index contributed by atoms with van der Waals surface area (Å²) in [5.74, 6) is -1.43. The predicted molar refractivity (Wildman–Crippen MR) is 122 cm³/mol. The van der Waals surface area contributed by atoms with Gasteiger partial charge in [0.15, 0.2) is 0 Å². The van der Waals surface area contributed by atoms with Gasteiger partial charge in [-0.15, -0.1) is 0 Å². The number of hydrogen-bond acceptors (Lipinski definition) is 4. The highest BCUT2D eigenvalue weighted by Gasteiger charge is 2.40. The fourth-order valence-corrected chi connectivity index (χ4v) is 4.22. The van der Waals surface area contributed by atoms with Crippen molar-refractivity contribution in [2.24, 2.45) is 0 Å². The molecule has 0 radical (unpaired) electrons. The quantitative estimate of drug-likeness (QED) is 0.624. The Morgan fingerprint density at radius 3 is 2.39 bits per heavy atom. The summed E-state index contributed by atoms with van der Waals surface area (Å²) in [4.78, 5) is 41.1. The maximum absolute atomic E-state index is 13.0. The van der Waals surface area contributed by atoms with Crippen LogP contribution < -0.4 is 10.2 Å². The van der Waals surface area contributed by atoms with E-state index in [-0.39, 0.29) is 27.3 Å². The lowest BCUT2D eigenvalue weighted by Gasteiger charge is -2.26. The maximum atomic E-state index is 13.0. The Morgan fingerprint density at radius 1 is 0.903 bits per heavy atom. The van der Waals surface area contributed by atoms with Crippen molar-refractivity contribution in [1.82, 2.24) is 4.90 Å². The number of rotatable bonds is 4. The molecule has 6 nitrogen and oxygen atoms in total. The summed E-state index contributed by atoms with van der Waals surface area (Å²) in [7, 11) is 0. The van der Waals surface area contributed by atoms with Gasteiger partial charge in [-0.1, -0.05) is 40.9 Å². The highest BCUT2D eigenvalue weighted by molar-refractivity contribution is 6.54. The van der Waals surface area contributed by atoms with E-state index in [9.17, 15) is 14.4 Å². The first-order chi connectivity index (χ1) is 14.9. The molecule has 160 valence electrons. The van der Waals surface area contributed by atoms with Gasteiger partial charge in [-0.2, -0.15) is 0 Å². The number of anilines is 2. The van der Waals surface area contributed by atoms with Crippen LogP contribution in [0.1, 0.15) is 29.6 Å². The third kappa shape index (κ3) is 4.28. The second kappa shape index (κ2) is 8.91. The van der Waals surface area contributed by atoms with Gasteiger partial charge in [0.2, 0.25) is 0 Å². The molecule has 1 N–H and O–H groups in total. The van der Waals surface area contributed by atoms with Crippen LogP contribution in [-0.2, 0) is 9.59 Å². The number of imide groups is 1. The molecular formula is C22H18Cl3N3O3. The number of benzene rings is 2. The fraction of sp³-hybridized carbons (Fsp3) is 0.227. The summed E-state index contributed by atoms with van der Waals surface area (Å²) in [6, 6.07) is 11.2. The molecule has 3 amide bonds. The van der Waals surface area contributed by atoms with Crippen LogP contribution >= 0.6 is 34.8 Å². The SMILES string of the molecule is O=C(c1cccc(NC2=C(Cl)C(=O)N(c3cc(Cl)ccc3Cl)C2=O)c1)N1CCCCC1. The van der Waals surface area contributed by atoms with Crippen LogP contribution in [0.5, 0.6) is 0 Å². The normalized spacial score (nSPS) is 16.9. The lowest BCUT2D eigenvalue weighted by molar-refractivity contribution is -0.120. The third-order valence-corrected chi connectivity index (χ3v) is 6.10. The molecule has 2 heterocycles. The van der Waals surface area contributed by atoms with Crippen molar-refractivity contribution in [1.29, 1.82) is 0 Å². The molecule has 4 rings (SSSR count). The number of likely N-dealkylation sites (tertiary alicyclic amines) is 1. The number of carbonyl (C=O) groups excluding carboxylic acids is 3. The Hall–Kier alpha value is -2.54. The van der Waals surface area contributed by atoms with Crippen molar-refractivity contribution in [3.8, 4) is 0 Å². The van der Waals surface area contributed by atoms with Gasteiger partial charge in [-0.05, 0) is 55.7 Å². The van der Waals surface area contributed by atoms with Crippen LogP contribution in [0.4, 0.5) is 11.4 Å². The molecule has 9 heteroatoms. The molecule has 0 spiro atoms. The molecule has 0 atom stereocenters. The Balaban J connectivity index is 1.58. The molecule has 31 heavy (non-hydrogen) atoms. The molecule has 0 unspecified atom stereocenters. The summed E-state index contributed by atoms with van der Waals surface area (Å²) in [5, 5.41) is 3.13. The van der Waals surface area contributed by atoms with Crippen LogP contribution in [0.2, 0.25) is 10.0 Å². The molecule has 2 aliphatic heterocycles. The molecule has 1 fully saturated rings. The van der Waals surface area contributed by atoms with E-state index in [1.165, 1.54) is 12.1 Å². The maximum Gasteiger partial charge on any atom is 0.283 e. The number of carbonyl (C=O) groups is 3. The summed E-state index contributed by atoms with van der Waals surface area (Å²) in [5.41, 5.74) is 1.02. The van der Waals surface area contributed by atoms with Gasteiger partial charge >= 0.3 is 0 Å². The lowest BCUT2D eigenvalue weighted by Crippen LogP contribution is -2.35. The van der Waals surface area contributed by atoms with Crippen molar-refractivity contribution in [3.05, 3.63) is 68.8 Å². The van der Waals surface area contributed by atoms with E-state index in [0.717, 1.165) is 37.3 Å². The number of nitrogens with zero attached hydrogens (tertiary/aromatic N) is 2.